The standard InChI is InChI=1S/C21H32N4O.2ClH/c1-4-21(5-2,6-3)15-23-20(26)19(22)12-18-14-25(16-24-18)13-17-10-8-7-9-11-17;;/h7-11,14,16,19H,4-6,12-13,15,22H2,1-3H3,(H,23,26);2*1H/t19-;;/m0../s1. The van der Waals surface area contributed by atoms with Crippen molar-refractivity contribution in [2.75, 3.05) is 6.54 Å². The van der Waals surface area contributed by atoms with E-state index in [0.29, 0.717) is 13.0 Å². The molecule has 3 N–H and O–H groups in total. The normalized spacial score (nSPS) is 11.9. The van der Waals surface area contributed by atoms with Crippen LogP contribution in [-0.2, 0) is 17.8 Å². The zero-order chi connectivity index (χ0) is 19.0. The summed E-state index contributed by atoms with van der Waals surface area (Å²) < 4.78 is 2.02. The van der Waals surface area contributed by atoms with Crippen LogP contribution in [0, 0.1) is 5.41 Å². The lowest BCUT2D eigenvalue weighted by Gasteiger charge is -2.31. The summed E-state index contributed by atoms with van der Waals surface area (Å²) in [6.07, 6.45) is 7.38. The molecule has 0 saturated heterocycles. The summed E-state index contributed by atoms with van der Waals surface area (Å²) in [5.41, 5.74) is 8.34. The van der Waals surface area contributed by atoms with Gasteiger partial charge in [0.25, 0.3) is 0 Å². The number of carbonyl (C=O) groups is 1. The number of rotatable bonds is 10. The van der Waals surface area contributed by atoms with Crippen LogP contribution in [0.15, 0.2) is 42.9 Å². The van der Waals surface area contributed by atoms with Gasteiger partial charge in [0.05, 0.1) is 18.1 Å². The van der Waals surface area contributed by atoms with Crippen LogP contribution >= 0.6 is 24.8 Å². The van der Waals surface area contributed by atoms with Gasteiger partial charge in [-0.3, -0.25) is 4.79 Å². The number of nitrogens with zero attached hydrogens (tertiary/aromatic N) is 2. The lowest BCUT2D eigenvalue weighted by molar-refractivity contribution is -0.122. The van der Waals surface area contributed by atoms with Crippen LogP contribution < -0.4 is 11.1 Å². The van der Waals surface area contributed by atoms with Gasteiger partial charge in [-0.15, -0.1) is 24.8 Å². The molecule has 0 spiro atoms. The first-order valence-electron chi connectivity index (χ1n) is 9.59. The Bertz CT molecular complexity index is 678. The fourth-order valence-electron chi connectivity index (χ4n) is 3.24. The molecule has 0 radical (unpaired) electrons. The molecule has 1 heterocycles. The van der Waals surface area contributed by atoms with Crippen LogP contribution in [0.2, 0.25) is 0 Å². The quantitative estimate of drug-likeness (QED) is 0.600. The molecular formula is C21H34Cl2N4O. The van der Waals surface area contributed by atoms with Crippen molar-refractivity contribution in [3.63, 3.8) is 0 Å². The number of halogens is 2. The Kier molecular flexibility index (Phi) is 12.1. The molecule has 0 fully saturated rings. The van der Waals surface area contributed by atoms with Gasteiger partial charge in [-0.1, -0.05) is 51.1 Å². The topological polar surface area (TPSA) is 72.9 Å². The number of benzene rings is 1. The maximum Gasteiger partial charge on any atom is 0.237 e. The van der Waals surface area contributed by atoms with Crippen LogP contribution in [0.1, 0.15) is 51.3 Å². The average molecular weight is 429 g/mol. The molecule has 0 saturated carbocycles. The Morgan fingerprint density at radius 3 is 2.32 bits per heavy atom. The zero-order valence-corrected chi connectivity index (χ0v) is 18.7. The van der Waals surface area contributed by atoms with Crippen LogP contribution in [-0.4, -0.2) is 28.0 Å². The van der Waals surface area contributed by atoms with Gasteiger partial charge in [0.15, 0.2) is 0 Å². The van der Waals surface area contributed by atoms with E-state index in [1.54, 1.807) is 6.33 Å². The second-order valence-electron chi connectivity index (χ2n) is 7.11. The minimum atomic E-state index is -0.571. The number of nitrogens with two attached hydrogens (primary N) is 1. The third-order valence-corrected chi connectivity index (χ3v) is 5.55. The first-order chi connectivity index (χ1) is 12.5. The van der Waals surface area contributed by atoms with Crippen LogP contribution in [0.3, 0.4) is 0 Å². The maximum atomic E-state index is 12.4. The lowest BCUT2D eigenvalue weighted by Crippen LogP contribution is -2.46. The number of nitrogens with one attached hydrogen (secondary N) is 1. The van der Waals surface area contributed by atoms with Gasteiger partial charge < -0.3 is 15.6 Å². The molecule has 7 heteroatoms. The van der Waals surface area contributed by atoms with Crippen LogP contribution in [0.25, 0.3) is 0 Å². The molecule has 158 valence electrons. The van der Waals surface area contributed by atoms with E-state index in [-0.39, 0.29) is 36.1 Å². The Labute approximate surface area is 181 Å². The third kappa shape index (κ3) is 7.46. The molecule has 0 aliphatic rings. The second-order valence-corrected chi connectivity index (χ2v) is 7.11. The molecule has 28 heavy (non-hydrogen) atoms. The van der Waals surface area contributed by atoms with Crippen LogP contribution in [0.5, 0.6) is 0 Å². The smallest absolute Gasteiger partial charge is 0.237 e. The van der Waals surface area contributed by atoms with Gasteiger partial charge in [0.2, 0.25) is 5.91 Å². The maximum absolute atomic E-state index is 12.4. The number of aromatic nitrogens is 2. The highest BCUT2D eigenvalue weighted by Crippen LogP contribution is 2.29. The van der Waals surface area contributed by atoms with E-state index in [9.17, 15) is 4.79 Å². The fraction of sp³-hybridized carbons (Fsp3) is 0.524. The van der Waals surface area contributed by atoms with E-state index >= 15 is 0 Å². The van der Waals surface area contributed by atoms with E-state index in [0.717, 1.165) is 31.5 Å². The van der Waals surface area contributed by atoms with Crippen molar-refractivity contribution in [2.45, 2.75) is 59.0 Å². The first-order valence-corrected chi connectivity index (χ1v) is 9.59. The minimum absolute atomic E-state index is 0. The molecular weight excluding hydrogens is 395 g/mol. The van der Waals surface area contributed by atoms with Crippen molar-refractivity contribution in [2.24, 2.45) is 11.1 Å². The molecule has 1 aromatic carbocycles. The molecule has 1 aromatic heterocycles. The van der Waals surface area contributed by atoms with Crippen LogP contribution in [0.4, 0.5) is 0 Å². The van der Waals surface area contributed by atoms with Crippen molar-refractivity contribution < 1.29 is 4.79 Å². The van der Waals surface area contributed by atoms with E-state index in [4.69, 9.17) is 5.73 Å². The summed E-state index contributed by atoms with van der Waals surface area (Å²) in [6, 6.07) is 9.65. The summed E-state index contributed by atoms with van der Waals surface area (Å²) in [7, 11) is 0. The molecule has 0 aliphatic carbocycles. The molecule has 1 amide bonds. The average Bonchev–Trinajstić information content (AvgIpc) is 3.10. The second kappa shape index (κ2) is 12.8. The number of carbonyl (C=O) groups excluding carboxylic acids is 1. The van der Waals surface area contributed by atoms with Gasteiger partial charge in [-0.05, 0) is 30.2 Å². The Hall–Kier alpha value is -1.56. The van der Waals surface area contributed by atoms with Crippen molar-refractivity contribution in [1.82, 2.24) is 14.9 Å². The first kappa shape index (κ1) is 26.4. The summed E-state index contributed by atoms with van der Waals surface area (Å²) in [6.45, 7) is 7.99. The molecule has 1 atom stereocenters. The number of imidazole rings is 1. The summed E-state index contributed by atoms with van der Waals surface area (Å²) in [4.78, 5) is 16.8. The Balaban J connectivity index is 0.00000364. The number of hydrogen-bond donors (Lipinski definition) is 2. The molecule has 0 bridgehead atoms. The highest BCUT2D eigenvalue weighted by atomic mass is 35.5. The SMILES string of the molecule is CCC(CC)(CC)CNC(=O)[C@@H](N)Cc1cn(Cc2ccccc2)cn1.Cl.Cl. The molecule has 0 unspecified atom stereocenters. The predicted octanol–water partition coefficient (Wildman–Crippen LogP) is 3.98. The predicted molar refractivity (Wildman–Crippen MR) is 120 cm³/mol. The highest BCUT2D eigenvalue weighted by Gasteiger charge is 2.25. The molecule has 2 aromatic rings. The lowest BCUT2D eigenvalue weighted by atomic mass is 9.80. The minimum Gasteiger partial charge on any atom is -0.354 e. The Morgan fingerprint density at radius 1 is 1.14 bits per heavy atom. The van der Waals surface area contributed by atoms with Crippen molar-refractivity contribution in [1.29, 1.82) is 0 Å². The largest absolute Gasteiger partial charge is 0.354 e. The fourth-order valence-corrected chi connectivity index (χ4v) is 3.24. The molecule has 5 nitrogen and oxygen atoms in total. The van der Waals surface area contributed by atoms with Crippen molar-refractivity contribution in [3.8, 4) is 0 Å². The van der Waals surface area contributed by atoms with Crippen molar-refractivity contribution in [3.05, 3.63) is 54.1 Å². The highest BCUT2D eigenvalue weighted by molar-refractivity contribution is 5.85. The monoisotopic (exact) mass is 428 g/mol. The van der Waals surface area contributed by atoms with Gasteiger partial charge in [-0.2, -0.15) is 0 Å². The van der Waals surface area contributed by atoms with Crippen molar-refractivity contribution >= 4 is 30.7 Å². The van der Waals surface area contributed by atoms with Gasteiger partial charge in [-0.25, -0.2) is 4.98 Å². The van der Waals surface area contributed by atoms with Gasteiger partial charge in [0.1, 0.15) is 0 Å². The summed E-state index contributed by atoms with van der Waals surface area (Å²) in [5.74, 6) is -0.0951. The van der Waals surface area contributed by atoms with E-state index in [1.165, 1.54) is 5.56 Å². The number of amides is 1. The van der Waals surface area contributed by atoms with E-state index in [2.05, 4.69) is 43.2 Å². The molecule has 0 aliphatic heterocycles. The van der Waals surface area contributed by atoms with Gasteiger partial charge in [0, 0.05) is 25.7 Å². The molecule has 2 rings (SSSR count). The van der Waals surface area contributed by atoms with E-state index < -0.39 is 6.04 Å². The van der Waals surface area contributed by atoms with E-state index in [1.807, 2.05) is 29.0 Å². The zero-order valence-electron chi connectivity index (χ0n) is 17.1. The summed E-state index contributed by atoms with van der Waals surface area (Å²) >= 11 is 0. The summed E-state index contributed by atoms with van der Waals surface area (Å²) in [5, 5.41) is 3.04. The Morgan fingerprint density at radius 2 is 1.75 bits per heavy atom. The number of hydrogen-bond acceptors (Lipinski definition) is 3. The third-order valence-electron chi connectivity index (χ3n) is 5.55. The van der Waals surface area contributed by atoms with Gasteiger partial charge >= 0.3 is 0 Å².